The molecule has 1 aromatic heterocycles. The Labute approximate surface area is 315 Å². The van der Waals surface area contributed by atoms with Gasteiger partial charge in [-0.05, 0) is 103 Å². The Morgan fingerprint density at radius 2 is 0.926 bits per heavy atom. The van der Waals surface area contributed by atoms with Crippen LogP contribution in [0.25, 0.3) is 66.1 Å². The van der Waals surface area contributed by atoms with Crippen LogP contribution in [-0.2, 0) is 10.8 Å². The summed E-state index contributed by atoms with van der Waals surface area (Å²) in [5.74, 6) is 0. The number of benzene rings is 8. The zero-order valence-electron chi connectivity index (χ0n) is 30.9. The minimum Gasteiger partial charge on any atom is -0.453 e. The molecule has 9 aromatic rings. The maximum absolute atomic E-state index is 7.10. The first-order valence-electron chi connectivity index (χ1n) is 19.0. The van der Waals surface area contributed by atoms with E-state index in [-0.39, 0.29) is 10.8 Å². The van der Waals surface area contributed by atoms with E-state index in [0.29, 0.717) is 0 Å². The van der Waals surface area contributed by atoms with Crippen LogP contribution in [0.5, 0.6) is 0 Å². The maximum Gasteiger partial charge on any atom is 0.159 e. The Hall–Kier alpha value is -6.38. The molecule has 0 saturated carbocycles. The molecule has 54 heavy (non-hydrogen) atoms. The third kappa shape index (κ3) is 4.23. The number of furan rings is 1. The topological polar surface area (TPSA) is 16.4 Å². The summed E-state index contributed by atoms with van der Waals surface area (Å²) in [5, 5.41) is 4.55. The van der Waals surface area contributed by atoms with Crippen LogP contribution in [0.3, 0.4) is 0 Å². The molecule has 0 fully saturated rings. The largest absolute Gasteiger partial charge is 0.453 e. The fraction of sp³-hybridized carbons (Fsp3) is 0.115. The van der Waals surface area contributed by atoms with Crippen LogP contribution in [-0.4, -0.2) is 0 Å². The number of rotatable bonds is 4. The second-order valence-corrected chi connectivity index (χ2v) is 16.1. The minimum atomic E-state index is -0.111. The number of nitrogens with zero attached hydrogens (tertiary/aromatic N) is 1. The molecule has 0 radical (unpaired) electrons. The zero-order chi connectivity index (χ0) is 36.3. The van der Waals surface area contributed by atoms with Crippen molar-refractivity contribution in [3.05, 3.63) is 186 Å². The first kappa shape index (κ1) is 31.2. The van der Waals surface area contributed by atoms with Gasteiger partial charge < -0.3 is 9.32 Å². The predicted octanol–water partition coefficient (Wildman–Crippen LogP) is 14.5. The van der Waals surface area contributed by atoms with Crippen LogP contribution in [0.4, 0.5) is 17.1 Å². The lowest BCUT2D eigenvalue weighted by Crippen LogP contribution is -2.16. The monoisotopic (exact) mass is 693 g/mol. The van der Waals surface area contributed by atoms with Gasteiger partial charge >= 0.3 is 0 Å². The number of para-hydroxylation sites is 2. The Bertz CT molecular complexity index is 3000. The van der Waals surface area contributed by atoms with Crippen molar-refractivity contribution in [1.29, 1.82) is 0 Å². The molecular formula is C52H39NO. The van der Waals surface area contributed by atoms with Crippen molar-refractivity contribution in [3.63, 3.8) is 0 Å². The van der Waals surface area contributed by atoms with Gasteiger partial charge in [-0.1, -0.05) is 149 Å². The molecule has 8 aromatic carbocycles. The van der Waals surface area contributed by atoms with E-state index in [4.69, 9.17) is 4.42 Å². The molecule has 11 rings (SSSR count). The lowest BCUT2D eigenvalue weighted by atomic mass is 9.81. The van der Waals surface area contributed by atoms with Crippen LogP contribution in [0, 0.1) is 0 Å². The van der Waals surface area contributed by atoms with Crippen molar-refractivity contribution in [2.75, 3.05) is 4.90 Å². The molecule has 1 heterocycles. The van der Waals surface area contributed by atoms with Crippen LogP contribution >= 0.6 is 0 Å². The summed E-state index contributed by atoms with van der Waals surface area (Å²) in [6.07, 6.45) is 0. The lowest BCUT2D eigenvalue weighted by molar-refractivity contribution is 0.660. The zero-order valence-corrected chi connectivity index (χ0v) is 30.9. The molecular weight excluding hydrogens is 655 g/mol. The molecule has 2 nitrogen and oxygen atoms in total. The van der Waals surface area contributed by atoms with Crippen molar-refractivity contribution < 1.29 is 4.42 Å². The highest BCUT2D eigenvalue weighted by atomic mass is 16.3. The van der Waals surface area contributed by atoms with E-state index in [2.05, 4.69) is 196 Å². The van der Waals surface area contributed by atoms with E-state index >= 15 is 0 Å². The average molecular weight is 694 g/mol. The van der Waals surface area contributed by atoms with Gasteiger partial charge in [0.25, 0.3) is 0 Å². The van der Waals surface area contributed by atoms with Crippen LogP contribution < -0.4 is 4.90 Å². The van der Waals surface area contributed by atoms with E-state index in [9.17, 15) is 0 Å². The summed E-state index contributed by atoms with van der Waals surface area (Å²) in [5.41, 5.74) is 18.1. The highest BCUT2D eigenvalue weighted by molar-refractivity contribution is 6.21. The summed E-state index contributed by atoms with van der Waals surface area (Å²) < 4.78 is 7.10. The minimum absolute atomic E-state index is 0.0739. The Balaban J connectivity index is 1.13. The van der Waals surface area contributed by atoms with E-state index in [1.54, 1.807) is 0 Å². The quantitative estimate of drug-likeness (QED) is 0.182. The van der Waals surface area contributed by atoms with Gasteiger partial charge in [-0.2, -0.15) is 0 Å². The normalized spacial score (nSPS) is 14.6. The third-order valence-corrected chi connectivity index (χ3v) is 12.5. The lowest BCUT2D eigenvalue weighted by Gasteiger charge is -2.28. The number of anilines is 3. The van der Waals surface area contributed by atoms with E-state index < -0.39 is 0 Å². The molecule has 2 heteroatoms. The van der Waals surface area contributed by atoms with E-state index in [1.807, 2.05) is 0 Å². The average Bonchev–Trinajstić information content (AvgIpc) is 3.78. The summed E-state index contributed by atoms with van der Waals surface area (Å²) in [6.45, 7) is 9.40. The first-order chi connectivity index (χ1) is 26.3. The van der Waals surface area contributed by atoms with Crippen LogP contribution in [0.1, 0.15) is 49.9 Å². The van der Waals surface area contributed by atoms with Gasteiger partial charge in [0.15, 0.2) is 5.58 Å². The van der Waals surface area contributed by atoms with Gasteiger partial charge in [0.05, 0.1) is 5.69 Å². The summed E-state index contributed by atoms with van der Waals surface area (Å²) in [6, 6.07) is 60.1. The third-order valence-electron chi connectivity index (χ3n) is 12.5. The summed E-state index contributed by atoms with van der Waals surface area (Å²) in [4.78, 5) is 2.37. The number of fused-ring (bicyclic) bond motifs is 11. The van der Waals surface area contributed by atoms with Crippen LogP contribution in [0.2, 0.25) is 0 Å². The molecule has 0 aliphatic heterocycles. The van der Waals surface area contributed by atoms with E-state index in [1.165, 1.54) is 61.0 Å². The highest BCUT2D eigenvalue weighted by Gasteiger charge is 2.37. The molecule has 0 bridgehead atoms. The molecule has 2 aliphatic rings. The van der Waals surface area contributed by atoms with Crippen molar-refractivity contribution in [3.8, 4) is 33.4 Å². The van der Waals surface area contributed by atoms with Gasteiger partial charge in [0, 0.05) is 38.4 Å². The standard InChI is InChI=1S/C52H39NO/c1-51(2)44-22-12-10-18-36(44)38-27-25-32(29-46(38)51)42-31-43-41-21-14-24-48(50(41)54-49(43)40-20-9-8-17-35(40)42)53(33-15-6-5-7-16-33)34-26-28-39-37-19-11-13-23-45(37)52(3,4)47(39)30-34/h5-31H,1-4H3. The SMILES string of the molecule is CC1(C)c2ccccc2-c2ccc(-c3cc4c5cccc(N(c6ccccc6)c6ccc7c(c6)C(C)(C)c6ccccc6-7)c5oc4c4ccccc34)cc21. The highest BCUT2D eigenvalue weighted by Crippen LogP contribution is 2.53. The van der Waals surface area contributed by atoms with Gasteiger partial charge in [-0.15, -0.1) is 0 Å². The second-order valence-electron chi connectivity index (χ2n) is 16.1. The second kappa shape index (κ2) is 11.1. The molecule has 0 N–H and O–H groups in total. The van der Waals surface area contributed by atoms with Crippen molar-refractivity contribution in [1.82, 2.24) is 0 Å². The molecule has 0 spiro atoms. The molecule has 0 amide bonds. The van der Waals surface area contributed by atoms with Gasteiger partial charge in [-0.25, -0.2) is 0 Å². The first-order valence-corrected chi connectivity index (χ1v) is 19.0. The van der Waals surface area contributed by atoms with Crippen molar-refractivity contribution in [2.45, 2.75) is 38.5 Å². The number of hydrogen-bond acceptors (Lipinski definition) is 2. The fourth-order valence-electron chi connectivity index (χ4n) is 9.73. The Morgan fingerprint density at radius 1 is 0.370 bits per heavy atom. The Kier molecular flexibility index (Phi) is 6.39. The molecule has 2 aliphatic carbocycles. The van der Waals surface area contributed by atoms with Gasteiger partial charge in [0.1, 0.15) is 5.58 Å². The number of hydrogen-bond donors (Lipinski definition) is 0. The molecule has 258 valence electrons. The summed E-state index contributed by atoms with van der Waals surface area (Å²) >= 11 is 0. The van der Waals surface area contributed by atoms with Gasteiger partial charge in [-0.3, -0.25) is 0 Å². The summed E-state index contributed by atoms with van der Waals surface area (Å²) in [7, 11) is 0. The molecule has 0 unspecified atom stereocenters. The maximum atomic E-state index is 7.10. The predicted molar refractivity (Wildman–Crippen MR) is 226 cm³/mol. The fourth-order valence-corrected chi connectivity index (χ4v) is 9.73. The molecule has 0 atom stereocenters. The van der Waals surface area contributed by atoms with Gasteiger partial charge in [0.2, 0.25) is 0 Å². The van der Waals surface area contributed by atoms with Crippen LogP contribution in [0.15, 0.2) is 168 Å². The molecule has 0 saturated heterocycles. The van der Waals surface area contributed by atoms with E-state index in [0.717, 1.165) is 44.4 Å². The Morgan fingerprint density at radius 3 is 1.65 bits per heavy atom. The smallest absolute Gasteiger partial charge is 0.159 e. The van der Waals surface area contributed by atoms with Crippen molar-refractivity contribution in [2.24, 2.45) is 0 Å². The van der Waals surface area contributed by atoms with Crippen molar-refractivity contribution >= 4 is 49.8 Å².